The van der Waals surface area contributed by atoms with Crippen molar-refractivity contribution in [1.29, 1.82) is 0 Å². The van der Waals surface area contributed by atoms with E-state index >= 15 is 0 Å². The monoisotopic (exact) mass is 210 g/mol. The molecule has 0 saturated carbocycles. The number of benzene rings is 1. The van der Waals surface area contributed by atoms with Gasteiger partial charge in [0, 0.05) is 0 Å². The average molecular weight is 210 g/mol. The van der Waals surface area contributed by atoms with Gasteiger partial charge in [-0.15, -0.1) is 0 Å². The molecule has 0 aliphatic heterocycles. The van der Waals surface area contributed by atoms with Crippen molar-refractivity contribution in [1.82, 2.24) is 0 Å². The molecule has 1 aromatic carbocycles. The third-order valence-electron chi connectivity index (χ3n) is 2.61. The maximum absolute atomic E-state index is 12.0. The van der Waals surface area contributed by atoms with Crippen LogP contribution in [0.4, 0.5) is 8.78 Å². The molecule has 0 fully saturated rings. The number of fused-ring (bicyclic) bond motifs is 1. The largest absolute Gasteiger partial charge is 0.435 e. The lowest BCUT2D eigenvalue weighted by Gasteiger charge is -2.18. The molecule has 1 aliphatic rings. The first-order valence-electron chi connectivity index (χ1n) is 4.92. The highest BCUT2D eigenvalue weighted by atomic mass is 19.3. The molecule has 0 amide bonds. The summed E-state index contributed by atoms with van der Waals surface area (Å²) >= 11 is 0. The highest BCUT2D eigenvalue weighted by molar-refractivity contribution is 5.68. The molecule has 0 bridgehead atoms. The third kappa shape index (κ3) is 2.17. The van der Waals surface area contributed by atoms with Gasteiger partial charge in [0.1, 0.15) is 5.75 Å². The standard InChI is InChI=1S/C12H12F2O/c1-8-3-2-4-9-7-10(15-12(13)14)5-6-11(8)9/h5-7,12H,1-4H2. The minimum absolute atomic E-state index is 0.235. The molecule has 0 N–H and O–H groups in total. The van der Waals surface area contributed by atoms with E-state index in [9.17, 15) is 8.78 Å². The number of aryl methyl sites for hydroxylation is 1. The van der Waals surface area contributed by atoms with Crippen molar-refractivity contribution >= 4 is 5.57 Å². The first-order chi connectivity index (χ1) is 7.16. The summed E-state index contributed by atoms with van der Waals surface area (Å²) in [6.45, 7) is 1.20. The van der Waals surface area contributed by atoms with Crippen molar-refractivity contribution in [3.63, 3.8) is 0 Å². The van der Waals surface area contributed by atoms with Crippen molar-refractivity contribution < 1.29 is 13.5 Å². The van der Waals surface area contributed by atoms with Crippen LogP contribution in [0, 0.1) is 0 Å². The van der Waals surface area contributed by atoms with Gasteiger partial charge in [0.2, 0.25) is 0 Å². The molecular formula is C12H12F2O. The van der Waals surface area contributed by atoms with Gasteiger partial charge >= 0.3 is 6.61 Å². The molecular weight excluding hydrogens is 198 g/mol. The number of hydrogen-bond acceptors (Lipinski definition) is 1. The second kappa shape index (κ2) is 4.01. The maximum Gasteiger partial charge on any atom is 0.387 e. The minimum atomic E-state index is -2.75. The number of hydrogen-bond donors (Lipinski definition) is 0. The summed E-state index contributed by atoms with van der Waals surface area (Å²) < 4.78 is 28.3. The van der Waals surface area contributed by atoms with Gasteiger partial charge in [0.05, 0.1) is 0 Å². The average Bonchev–Trinajstić information content (AvgIpc) is 2.17. The number of halogens is 2. The van der Waals surface area contributed by atoms with Crippen molar-refractivity contribution in [3.8, 4) is 5.75 Å². The molecule has 0 radical (unpaired) electrons. The van der Waals surface area contributed by atoms with E-state index in [4.69, 9.17) is 0 Å². The zero-order valence-corrected chi connectivity index (χ0v) is 8.30. The van der Waals surface area contributed by atoms with Crippen LogP contribution in [0.5, 0.6) is 5.75 Å². The molecule has 1 nitrogen and oxygen atoms in total. The van der Waals surface area contributed by atoms with E-state index in [0.717, 1.165) is 36.0 Å². The van der Waals surface area contributed by atoms with E-state index < -0.39 is 6.61 Å². The van der Waals surface area contributed by atoms with Gasteiger partial charge in [-0.05, 0) is 48.1 Å². The van der Waals surface area contributed by atoms with E-state index in [2.05, 4.69) is 11.3 Å². The maximum atomic E-state index is 12.0. The van der Waals surface area contributed by atoms with E-state index in [-0.39, 0.29) is 5.75 Å². The summed E-state index contributed by atoms with van der Waals surface area (Å²) in [6.07, 6.45) is 2.93. The Morgan fingerprint density at radius 1 is 1.27 bits per heavy atom. The topological polar surface area (TPSA) is 9.23 Å². The fraction of sp³-hybridized carbons (Fsp3) is 0.333. The van der Waals surface area contributed by atoms with Crippen LogP contribution in [0.25, 0.3) is 5.57 Å². The molecule has 0 saturated heterocycles. The molecule has 0 heterocycles. The predicted molar refractivity (Wildman–Crippen MR) is 55.0 cm³/mol. The van der Waals surface area contributed by atoms with Crippen molar-refractivity contribution in [3.05, 3.63) is 35.9 Å². The fourth-order valence-corrected chi connectivity index (χ4v) is 1.92. The molecule has 80 valence electrons. The Kier molecular flexibility index (Phi) is 2.71. The van der Waals surface area contributed by atoms with Crippen LogP contribution in [0.15, 0.2) is 24.8 Å². The Bertz CT molecular complexity index is 385. The third-order valence-corrected chi connectivity index (χ3v) is 2.61. The van der Waals surface area contributed by atoms with Crippen LogP contribution in [-0.4, -0.2) is 6.61 Å². The number of allylic oxidation sites excluding steroid dienone is 1. The Labute approximate surface area is 87.4 Å². The van der Waals surface area contributed by atoms with Crippen molar-refractivity contribution in [2.45, 2.75) is 25.9 Å². The molecule has 15 heavy (non-hydrogen) atoms. The van der Waals surface area contributed by atoms with Crippen LogP contribution < -0.4 is 4.74 Å². The lowest BCUT2D eigenvalue weighted by molar-refractivity contribution is -0.0498. The second-order valence-electron chi connectivity index (χ2n) is 3.65. The summed E-state index contributed by atoms with van der Waals surface area (Å²) in [4.78, 5) is 0. The zero-order chi connectivity index (χ0) is 10.8. The second-order valence-corrected chi connectivity index (χ2v) is 3.65. The normalized spacial score (nSPS) is 15.3. The molecule has 0 unspecified atom stereocenters. The van der Waals surface area contributed by atoms with Gasteiger partial charge in [0.25, 0.3) is 0 Å². The summed E-state index contributed by atoms with van der Waals surface area (Å²) in [5.41, 5.74) is 3.23. The fourth-order valence-electron chi connectivity index (χ4n) is 1.92. The first kappa shape index (κ1) is 10.1. The van der Waals surface area contributed by atoms with Crippen LogP contribution in [0.2, 0.25) is 0 Å². The Balaban J connectivity index is 2.29. The van der Waals surface area contributed by atoms with Gasteiger partial charge in [-0.25, -0.2) is 0 Å². The summed E-state index contributed by atoms with van der Waals surface area (Å²) in [5.74, 6) is 0.235. The lowest BCUT2D eigenvalue weighted by Crippen LogP contribution is -2.05. The molecule has 0 aromatic heterocycles. The summed E-state index contributed by atoms with van der Waals surface area (Å²) in [7, 11) is 0. The van der Waals surface area contributed by atoms with E-state index in [1.807, 2.05) is 6.07 Å². The van der Waals surface area contributed by atoms with Crippen LogP contribution in [0.3, 0.4) is 0 Å². The molecule has 0 atom stereocenters. The molecule has 0 spiro atoms. The Morgan fingerprint density at radius 3 is 2.80 bits per heavy atom. The summed E-state index contributed by atoms with van der Waals surface area (Å²) in [5, 5.41) is 0. The number of ether oxygens (including phenoxy) is 1. The van der Waals surface area contributed by atoms with Gasteiger partial charge in [0.15, 0.2) is 0 Å². The molecule has 2 rings (SSSR count). The Hall–Kier alpha value is -1.38. The SMILES string of the molecule is C=C1CCCc2cc(OC(F)F)ccc21. The summed E-state index contributed by atoms with van der Waals surface area (Å²) in [6, 6.07) is 5.07. The van der Waals surface area contributed by atoms with E-state index in [0.29, 0.717) is 0 Å². The minimum Gasteiger partial charge on any atom is -0.435 e. The first-order valence-corrected chi connectivity index (χ1v) is 4.92. The van der Waals surface area contributed by atoms with Gasteiger partial charge in [-0.3, -0.25) is 0 Å². The van der Waals surface area contributed by atoms with E-state index in [1.54, 1.807) is 12.1 Å². The number of alkyl halides is 2. The Morgan fingerprint density at radius 2 is 2.07 bits per heavy atom. The van der Waals surface area contributed by atoms with Gasteiger partial charge < -0.3 is 4.74 Å². The van der Waals surface area contributed by atoms with Gasteiger partial charge in [-0.1, -0.05) is 12.6 Å². The van der Waals surface area contributed by atoms with Crippen molar-refractivity contribution in [2.24, 2.45) is 0 Å². The quantitative estimate of drug-likeness (QED) is 0.724. The van der Waals surface area contributed by atoms with Gasteiger partial charge in [-0.2, -0.15) is 8.78 Å². The highest BCUT2D eigenvalue weighted by Crippen LogP contribution is 2.32. The van der Waals surface area contributed by atoms with Crippen LogP contribution >= 0.6 is 0 Å². The predicted octanol–water partition coefficient (Wildman–Crippen LogP) is 3.64. The lowest BCUT2D eigenvalue weighted by atomic mass is 9.88. The number of rotatable bonds is 2. The molecule has 1 aromatic rings. The molecule has 1 aliphatic carbocycles. The zero-order valence-electron chi connectivity index (χ0n) is 8.30. The highest BCUT2D eigenvalue weighted by Gasteiger charge is 2.14. The van der Waals surface area contributed by atoms with E-state index in [1.165, 1.54) is 0 Å². The van der Waals surface area contributed by atoms with Crippen molar-refractivity contribution in [2.75, 3.05) is 0 Å². The molecule has 3 heteroatoms. The van der Waals surface area contributed by atoms with Crippen LogP contribution in [-0.2, 0) is 6.42 Å². The smallest absolute Gasteiger partial charge is 0.387 e. The van der Waals surface area contributed by atoms with Crippen LogP contribution in [0.1, 0.15) is 24.0 Å².